The number of thiophene rings is 1. The lowest BCUT2D eigenvalue weighted by molar-refractivity contribution is 0.0762. The van der Waals surface area contributed by atoms with Gasteiger partial charge in [0.2, 0.25) is 10.0 Å². The van der Waals surface area contributed by atoms with Crippen molar-refractivity contribution in [3.63, 3.8) is 0 Å². The second-order valence-corrected chi connectivity index (χ2v) is 8.19. The number of nitrogens with one attached hydrogen (secondary N) is 2. The lowest BCUT2D eigenvalue weighted by atomic mass is 10.3. The molecule has 5 nitrogen and oxygen atoms in total. The van der Waals surface area contributed by atoms with E-state index in [9.17, 15) is 8.42 Å². The molecule has 0 saturated carbocycles. The Bertz CT molecular complexity index is 498. The van der Waals surface area contributed by atoms with Gasteiger partial charge in [0.15, 0.2) is 0 Å². The molecule has 0 unspecified atom stereocenters. The fraction of sp³-hybridized carbons (Fsp3) is 0.714. The van der Waals surface area contributed by atoms with Crippen LogP contribution in [0.15, 0.2) is 16.3 Å². The van der Waals surface area contributed by atoms with Gasteiger partial charge in [-0.25, -0.2) is 13.1 Å². The molecule has 2 N–H and O–H groups in total. The summed E-state index contributed by atoms with van der Waals surface area (Å²) in [6.07, 6.45) is 1.86. The molecule has 1 aromatic heterocycles. The zero-order valence-electron chi connectivity index (χ0n) is 13.0. The molecule has 1 aromatic rings. The Labute approximate surface area is 132 Å². The Balaban J connectivity index is 2.34. The molecule has 0 aromatic carbocycles. The van der Waals surface area contributed by atoms with Crippen LogP contribution in [0.3, 0.4) is 0 Å². The van der Waals surface area contributed by atoms with E-state index < -0.39 is 10.0 Å². The van der Waals surface area contributed by atoms with Crippen molar-refractivity contribution in [3.05, 3.63) is 17.0 Å². The van der Waals surface area contributed by atoms with Crippen molar-refractivity contribution < 1.29 is 13.2 Å². The van der Waals surface area contributed by atoms with Crippen molar-refractivity contribution in [1.82, 2.24) is 10.0 Å². The summed E-state index contributed by atoms with van der Waals surface area (Å²) in [5.41, 5.74) is 0. The van der Waals surface area contributed by atoms with E-state index in [4.69, 9.17) is 4.74 Å². The molecule has 0 aliphatic carbocycles. The van der Waals surface area contributed by atoms with E-state index in [1.807, 2.05) is 26.8 Å². The van der Waals surface area contributed by atoms with Crippen LogP contribution in [0, 0.1) is 0 Å². The molecule has 122 valence electrons. The van der Waals surface area contributed by atoms with Crippen LogP contribution in [-0.4, -0.2) is 34.2 Å². The molecule has 0 radical (unpaired) electrons. The topological polar surface area (TPSA) is 67.4 Å². The number of ether oxygens (including phenoxy) is 1. The molecule has 7 heteroatoms. The molecule has 0 bridgehead atoms. The van der Waals surface area contributed by atoms with Crippen molar-refractivity contribution in [2.75, 3.05) is 19.7 Å². The summed E-state index contributed by atoms with van der Waals surface area (Å²) in [6.45, 7) is 8.71. The maximum atomic E-state index is 12.1. The van der Waals surface area contributed by atoms with E-state index in [-0.39, 0.29) is 6.10 Å². The smallest absolute Gasteiger partial charge is 0.250 e. The molecule has 0 atom stereocenters. The Morgan fingerprint density at radius 3 is 2.71 bits per heavy atom. The number of hydrogen-bond donors (Lipinski definition) is 2. The van der Waals surface area contributed by atoms with Gasteiger partial charge < -0.3 is 10.1 Å². The molecule has 1 heterocycles. The first-order valence-corrected chi connectivity index (χ1v) is 9.66. The van der Waals surface area contributed by atoms with Crippen molar-refractivity contribution >= 4 is 21.4 Å². The predicted octanol–water partition coefficient (Wildman–Crippen LogP) is 2.34. The summed E-state index contributed by atoms with van der Waals surface area (Å²) >= 11 is 1.31. The highest BCUT2D eigenvalue weighted by atomic mass is 32.2. The molecule has 1 rings (SSSR count). The van der Waals surface area contributed by atoms with Gasteiger partial charge >= 0.3 is 0 Å². The minimum Gasteiger partial charge on any atom is -0.379 e. The number of rotatable bonds is 11. The van der Waals surface area contributed by atoms with E-state index in [0.717, 1.165) is 24.3 Å². The second-order valence-electron chi connectivity index (χ2n) is 5.03. The molecular weight excluding hydrogens is 308 g/mol. The quantitative estimate of drug-likeness (QED) is 0.610. The van der Waals surface area contributed by atoms with Crippen molar-refractivity contribution in [2.24, 2.45) is 0 Å². The zero-order chi connectivity index (χ0) is 15.7. The first kappa shape index (κ1) is 18.6. The SMILES string of the molecule is CCNCc1ccc(S(=O)(=O)NCCCCOC(C)C)s1. The number of sulfonamides is 1. The standard InChI is InChI=1S/C14H26N2O3S2/c1-4-15-11-13-7-8-14(20-13)21(17,18)16-9-5-6-10-19-12(2)3/h7-8,12,15-16H,4-6,9-11H2,1-3H3. The number of unbranched alkanes of at least 4 members (excludes halogenated alkanes) is 1. The van der Waals surface area contributed by atoms with Gasteiger partial charge in [0, 0.05) is 24.6 Å². The third-order valence-corrected chi connectivity index (χ3v) is 5.80. The average molecular weight is 335 g/mol. The van der Waals surface area contributed by atoms with Crippen molar-refractivity contribution in [3.8, 4) is 0 Å². The Morgan fingerprint density at radius 1 is 1.29 bits per heavy atom. The first-order chi connectivity index (χ1) is 9.95. The van der Waals surface area contributed by atoms with Crippen LogP contribution in [-0.2, 0) is 21.3 Å². The first-order valence-electron chi connectivity index (χ1n) is 7.36. The Hall–Kier alpha value is -0.470. The van der Waals surface area contributed by atoms with Crippen molar-refractivity contribution in [1.29, 1.82) is 0 Å². The lowest BCUT2D eigenvalue weighted by Gasteiger charge is -2.07. The molecule has 21 heavy (non-hydrogen) atoms. The van der Waals surface area contributed by atoms with Gasteiger partial charge in [-0.1, -0.05) is 6.92 Å². The normalized spacial score (nSPS) is 12.2. The summed E-state index contributed by atoms with van der Waals surface area (Å²) in [6, 6.07) is 3.53. The van der Waals surface area contributed by atoms with Crippen LogP contribution in [0.5, 0.6) is 0 Å². The minimum absolute atomic E-state index is 0.225. The maximum Gasteiger partial charge on any atom is 0.250 e. The van der Waals surface area contributed by atoms with E-state index in [1.165, 1.54) is 11.3 Å². The fourth-order valence-corrected chi connectivity index (χ4v) is 4.11. The van der Waals surface area contributed by atoms with E-state index in [2.05, 4.69) is 10.0 Å². The highest BCUT2D eigenvalue weighted by Crippen LogP contribution is 2.21. The van der Waals surface area contributed by atoms with Gasteiger partial charge in [-0.05, 0) is 45.4 Å². The summed E-state index contributed by atoms with van der Waals surface area (Å²) < 4.78 is 32.7. The molecule has 0 amide bonds. The highest BCUT2D eigenvalue weighted by Gasteiger charge is 2.15. The van der Waals surface area contributed by atoms with Gasteiger partial charge in [0.1, 0.15) is 4.21 Å². The summed E-state index contributed by atoms with van der Waals surface area (Å²) in [5, 5.41) is 3.19. The predicted molar refractivity (Wildman–Crippen MR) is 87.2 cm³/mol. The zero-order valence-corrected chi connectivity index (χ0v) is 14.6. The molecule has 0 aliphatic heterocycles. The van der Waals surface area contributed by atoms with Gasteiger partial charge in [-0.15, -0.1) is 11.3 Å². The average Bonchev–Trinajstić information content (AvgIpc) is 2.89. The fourth-order valence-electron chi connectivity index (χ4n) is 1.67. The molecule has 0 fully saturated rings. The van der Waals surface area contributed by atoms with Gasteiger partial charge in [-0.2, -0.15) is 0 Å². The minimum atomic E-state index is -3.37. The number of hydrogen-bond acceptors (Lipinski definition) is 5. The van der Waals surface area contributed by atoms with E-state index in [1.54, 1.807) is 6.07 Å². The Kier molecular flexibility index (Phi) is 8.43. The monoisotopic (exact) mass is 334 g/mol. The van der Waals surface area contributed by atoms with Crippen LogP contribution >= 0.6 is 11.3 Å². The van der Waals surface area contributed by atoms with E-state index >= 15 is 0 Å². The summed E-state index contributed by atoms with van der Waals surface area (Å²) in [5.74, 6) is 0. The van der Waals surface area contributed by atoms with Crippen LogP contribution in [0.1, 0.15) is 38.5 Å². The molecule has 0 saturated heterocycles. The van der Waals surface area contributed by atoms with Gasteiger partial charge in [0.25, 0.3) is 0 Å². The Morgan fingerprint density at radius 2 is 2.05 bits per heavy atom. The van der Waals surface area contributed by atoms with Crippen LogP contribution < -0.4 is 10.0 Å². The third-order valence-electron chi connectivity index (χ3n) is 2.77. The lowest BCUT2D eigenvalue weighted by Crippen LogP contribution is -2.24. The summed E-state index contributed by atoms with van der Waals surface area (Å²) in [4.78, 5) is 1.03. The second kappa shape index (κ2) is 9.53. The van der Waals surface area contributed by atoms with Crippen LogP contribution in [0.4, 0.5) is 0 Å². The van der Waals surface area contributed by atoms with Crippen LogP contribution in [0.2, 0.25) is 0 Å². The maximum absolute atomic E-state index is 12.1. The van der Waals surface area contributed by atoms with Gasteiger partial charge in [0.05, 0.1) is 6.10 Å². The third kappa shape index (κ3) is 7.37. The highest BCUT2D eigenvalue weighted by molar-refractivity contribution is 7.91. The van der Waals surface area contributed by atoms with Crippen molar-refractivity contribution in [2.45, 2.75) is 50.5 Å². The molecule has 0 spiro atoms. The van der Waals surface area contributed by atoms with Gasteiger partial charge in [-0.3, -0.25) is 0 Å². The van der Waals surface area contributed by atoms with E-state index in [0.29, 0.717) is 23.9 Å². The molecule has 0 aliphatic rings. The summed E-state index contributed by atoms with van der Waals surface area (Å²) in [7, 11) is -3.37. The molecular formula is C14H26N2O3S2. The largest absolute Gasteiger partial charge is 0.379 e. The van der Waals surface area contributed by atoms with Crippen LogP contribution in [0.25, 0.3) is 0 Å².